The lowest BCUT2D eigenvalue weighted by Crippen LogP contribution is -2.55. The van der Waals surface area contributed by atoms with Gasteiger partial charge in [-0.3, -0.25) is 9.59 Å². The number of carbonyl (C=O) groups is 2. The van der Waals surface area contributed by atoms with E-state index in [1.165, 1.54) is 31.1 Å². The molecule has 1 aliphatic rings. The third-order valence-electron chi connectivity index (χ3n) is 7.30. The van der Waals surface area contributed by atoms with Gasteiger partial charge in [0, 0.05) is 33.1 Å². The second kappa shape index (κ2) is 13.7. The minimum atomic E-state index is -4.05. The first kappa shape index (κ1) is 30.2. The molecule has 1 N–H and O–H groups in total. The Morgan fingerprint density at radius 2 is 1.46 bits per heavy atom. The minimum absolute atomic E-state index is 0.000653. The van der Waals surface area contributed by atoms with Crippen molar-refractivity contribution < 1.29 is 22.4 Å². The van der Waals surface area contributed by atoms with Crippen molar-refractivity contribution >= 4 is 27.7 Å². The normalized spacial score (nSPS) is 14.5. The summed E-state index contributed by atoms with van der Waals surface area (Å²) in [7, 11) is -1.25. The van der Waals surface area contributed by atoms with Gasteiger partial charge in [-0.25, -0.2) is 8.70 Å². The van der Waals surface area contributed by atoms with E-state index in [-0.39, 0.29) is 24.9 Å². The predicted octanol–water partition coefficient (Wildman–Crippen LogP) is 4.14. The number of rotatable bonds is 12. The van der Waals surface area contributed by atoms with Crippen molar-refractivity contribution in [3.05, 3.63) is 102 Å². The second-order valence-corrected chi connectivity index (χ2v) is 12.5. The van der Waals surface area contributed by atoms with Crippen LogP contribution in [0.3, 0.4) is 0 Å². The van der Waals surface area contributed by atoms with Crippen molar-refractivity contribution in [1.29, 1.82) is 0 Å². The zero-order valence-corrected chi connectivity index (χ0v) is 24.3. The minimum Gasteiger partial charge on any atom is -0.352 e. The molecule has 1 atom stereocenters. The fourth-order valence-electron chi connectivity index (χ4n) is 5.02. The van der Waals surface area contributed by atoms with E-state index in [4.69, 9.17) is 0 Å². The molecule has 3 aromatic rings. The molecule has 1 fully saturated rings. The zero-order chi connectivity index (χ0) is 29.4. The van der Waals surface area contributed by atoms with Crippen LogP contribution in [0.2, 0.25) is 0 Å². The third kappa shape index (κ3) is 7.92. The van der Waals surface area contributed by atoms with Crippen LogP contribution in [0, 0.1) is 5.82 Å². The van der Waals surface area contributed by atoms with Gasteiger partial charge in [-0.2, -0.15) is 12.7 Å². The lowest BCUT2D eigenvalue weighted by atomic mass is 10.0. The third-order valence-corrected chi connectivity index (χ3v) is 9.12. The molecule has 0 heterocycles. The fraction of sp³-hybridized carbons (Fsp3) is 0.355. The molecule has 0 spiro atoms. The van der Waals surface area contributed by atoms with Crippen LogP contribution in [0.15, 0.2) is 84.9 Å². The number of hydrogen-bond donors (Lipinski definition) is 1. The molecule has 0 unspecified atom stereocenters. The molecule has 218 valence electrons. The van der Waals surface area contributed by atoms with Crippen molar-refractivity contribution in [1.82, 2.24) is 14.5 Å². The van der Waals surface area contributed by atoms with Gasteiger partial charge in [0.05, 0.1) is 5.69 Å². The molecule has 0 bridgehead atoms. The smallest absolute Gasteiger partial charge is 0.304 e. The number of carbonyl (C=O) groups excluding carboxylic acids is 2. The first-order valence-electron chi connectivity index (χ1n) is 13.8. The van der Waals surface area contributed by atoms with Crippen LogP contribution in [-0.2, 0) is 32.8 Å². The van der Waals surface area contributed by atoms with E-state index in [9.17, 15) is 22.4 Å². The number of anilines is 1. The average molecular weight is 581 g/mol. The van der Waals surface area contributed by atoms with Gasteiger partial charge in [0.15, 0.2) is 0 Å². The summed E-state index contributed by atoms with van der Waals surface area (Å²) in [6, 6.07) is 22.6. The molecular weight excluding hydrogens is 543 g/mol. The van der Waals surface area contributed by atoms with Crippen molar-refractivity contribution in [2.75, 3.05) is 24.9 Å². The highest BCUT2D eigenvalue weighted by Crippen LogP contribution is 2.23. The maximum absolute atomic E-state index is 14.2. The van der Waals surface area contributed by atoms with Crippen LogP contribution in [-0.4, -0.2) is 62.2 Å². The molecule has 10 heteroatoms. The van der Waals surface area contributed by atoms with Crippen molar-refractivity contribution in [2.24, 2.45) is 0 Å². The van der Waals surface area contributed by atoms with Crippen LogP contribution in [0.25, 0.3) is 0 Å². The fourth-order valence-corrected chi connectivity index (χ4v) is 6.08. The van der Waals surface area contributed by atoms with Gasteiger partial charge in [-0.05, 0) is 48.2 Å². The van der Waals surface area contributed by atoms with Crippen molar-refractivity contribution in [2.45, 2.75) is 50.7 Å². The highest BCUT2D eigenvalue weighted by Gasteiger charge is 2.35. The Morgan fingerprint density at radius 1 is 0.878 bits per heavy atom. The van der Waals surface area contributed by atoms with Crippen molar-refractivity contribution in [3.63, 3.8) is 0 Å². The van der Waals surface area contributed by atoms with E-state index in [1.54, 1.807) is 42.5 Å². The summed E-state index contributed by atoms with van der Waals surface area (Å²) in [5, 5.41) is 3.13. The molecule has 0 radical (unpaired) electrons. The van der Waals surface area contributed by atoms with Crippen LogP contribution in [0.1, 0.15) is 36.8 Å². The van der Waals surface area contributed by atoms with E-state index in [0.717, 1.165) is 39.9 Å². The maximum atomic E-state index is 14.2. The number of para-hydroxylation sites is 1. The van der Waals surface area contributed by atoms with E-state index < -0.39 is 34.5 Å². The largest absolute Gasteiger partial charge is 0.352 e. The molecule has 2 amide bonds. The number of hydrogen-bond acceptors (Lipinski definition) is 4. The van der Waals surface area contributed by atoms with Crippen LogP contribution >= 0.6 is 0 Å². The van der Waals surface area contributed by atoms with E-state index in [1.807, 2.05) is 30.3 Å². The Bertz CT molecular complexity index is 1400. The zero-order valence-electron chi connectivity index (χ0n) is 23.4. The maximum Gasteiger partial charge on any atom is 0.304 e. The Morgan fingerprint density at radius 3 is 2.05 bits per heavy atom. The Balaban J connectivity index is 1.73. The summed E-state index contributed by atoms with van der Waals surface area (Å²) in [6.45, 7) is -0.521. The molecule has 8 nitrogen and oxygen atoms in total. The number of nitrogens with zero attached hydrogens (tertiary/aromatic N) is 3. The quantitative estimate of drug-likeness (QED) is 0.349. The van der Waals surface area contributed by atoms with Gasteiger partial charge in [0.25, 0.3) is 0 Å². The van der Waals surface area contributed by atoms with Gasteiger partial charge in [0.2, 0.25) is 11.8 Å². The summed E-state index contributed by atoms with van der Waals surface area (Å²) in [5.74, 6) is -1.26. The van der Waals surface area contributed by atoms with Crippen LogP contribution < -0.4 is 9.62 Å². The Kier molecular flexibility index (Phi) is 10.1. The van der Waals surface area contributed by atoms with Crippen LogP contribution in [0.5, 0.6) is 0 Å². The number of halogens is 1. The molecular formula is C31H37FN4O4S. The van der Waals surface area contributed by atoms with Gasteiger partial charge in [-0.15, -0.1) is 0 Å². The summed E-state index contributed by atoms with van der Waals surface area (Å²) in [5.41, 5.74) is 1.80. The van der Waals surface area contributed by atoms with Gasteiger partial charge in [-0.1, -0.05) is 73.5 Å². The van der Waals surface area contributed by atoms with Crippen LogP contribution in [0.4, 0.5) is 10.1 Å². The van der Waals surface area contributed by atoms with Gasteiger partial charge in [0.1, 0.15) is 18.4 Å². The summed E-state index contributed by atoms with van der Waals surface area (Å²) >= 11 is 0. The average Bonchev–Trinajstić information content (AvgIpc) is 3.48. The van der Waals surface area contributed by atoms with Gasteiger partial charge < -0.3 is 10.2 Å². The molecule has 0 saturated heterocycles. The predicted molar refractivity (Wildman–Crippen MR) is 158 cm³/mol. The molecule has 1 saturated carbocycles. The highest BCUT2D eigenvalue weighted by atomic mass is 32.2. The summed E-state index contributed by atoms with van der Waals surface area (Å²) in [6.07, 6.45) is 4.04. The Hall–Kier alpha value is -3.76. The Labute approximate surface area is 241 Å². The SMILES string of the molecule is CN(C)S(=O)(=O)N(CC(=O)N(Cc1ccc(F)cc1)[C@@H](Cc1ccccc1)C(=O)NC1CCCC1)c1ccccc1. The number of amides is 2. The highest BCUT2D eigenvalue weighted by molar-refractivity contribution is 7.90. The molecule has 0 aromatic heterocycles. The van der Waals surface area contributed by atoms with Gasteiger partial charge >= 0.3 is 10.2 Å². The molecule has 3 aromatic carbocycles. The number of benzene rings is 3. The molecule has 1 aliphatic carbocycles. The first-order chi connectivity index (χ1) is 19.6. The van der Waals surface area contributed by atoms with E-state index in [2.05, 4.69) is 5.32 Å². The van der Waals surface area contributed by atoms with Crippen molar-refractivity contribution in [3.8, 4) is 0 Å². The lowest BCUT2D eigenvalue weighted by molar-refractivity contribution is -0.140. The molecule has 0 aliphatic heterocycles. The number of nitrogens with one attached hydrogen (secondary N) is 1. The first-order valence-corrected chi connectivity index (χ1v) is 15.2. The summed E-state index contributed by atoms with van der Waals surface area (Å²) in [4.78, 5) is 29.5. The summed E-state index contributed by atoms with van der Waals surface area (Å²) < 4.78 is 42.6. The lowest BCUT2D eigenvalue weighted by Gasteiger charge is -2.35. The molecule has 41 heavy (non-hydrogen) atoms. The second-order valence-electron chi connectivity index (χ2n) is 10.5. The molecule has 4 rings (SSSR count). The monoisotopic (exact) mass is 580 g/mol. The standard InChI is InChI=1S/C31H37FN4O4S/c1-34(2)41(39,40)36(28-15-7-4-8-16-28)23-30(37)35(22-25-17-19-26(32)20-18-25)29(21-24-11-5-3-6-12-24)31(38)33-27-13-9-10-14-27/h3-8,11-12,15-20,27,29H,9-10,13-14,21-23H2,1-2H3,(H,33,38)/t29-/m0/s1. The van der Waals surface area contributed by atoms with E-state index in [0.29, 0.717) is 11.3 Å². The topological polar surface area (TPSA) is 90.0 Å². The van der Waals surface area contributed by atoms with E-state index >= 15 is 0 Å².